The summed E-state index contributed by atoms with van der Waals surface area (Å²) in [6.07, 6.45) is 1.09. The third-order valence-corrected chi connectivity index (χ3v) is 8.80. The Morgan fingerprint density at radius 2 is 1.52 bits per heavy atom. The molecule has 1 atom stereocenters. The molecular formula is C35H37ClFN3O5S. The lowest BCUT2D eigenvalue weighted by molar-refractivity contribution is -0.142. The van der Waals surface area contributed by atoms with E-state index in [1.165, 1.54) is 41.3 Å². The molecule has 2 amide bonds. The summed E-state index contributed by atoms with van der Waals surface area (Å²) < 4.78 is 47.0. The molecule has 0 bridgehead atoms. The van der Waals surface area contributed by atoms with Crippen LogP contribution in [0.15, 0.2) is 108 Å². The van der Waals surface area contributed by atoms with Crippen LogP contribution < -0.4 is 14.8 Å². The molecule has 0 saturated carbocycles. The van der Waals surface area contributed by atoms with Crippen molar-refractivity contribution in [3.05, 3.63) is 125 Å². The van der Waals surface area contributed by atoms with Crippen LogP contribution in [0.3, 0.4) is 0 Å². The van der Waals surface area contributed by atoms with Gasteiger partial charge in [-0.1, -0.05) is 67.9 Å². The molecule has 0 heterocycles. The lowest BCUT2D eigenvalue weighted by atomic mass is 10.0. The van der Waals surface area contributed by atoms with E-state index in [1.54, 1.807) is 24.3 Å². The zero-order valence-electron chi connectivity index (χ0n) is 25.7. The Kier molecular flexibility index (Phi) is 12.2. The van der Waals surface area contributed by atoms with E-state index in [4.69, 9.17) is 16.3 Å². The monoisotopic (exact) mass is 665 g/mol. The van der Waals surface area contributed by atoms with Crippen LogP contribution in [0.2, 0.25) is 5.02 Å². The number of nitrogens with one attached hydrogen (secondary N) is 2. The molecule has 0 unspecified atom stereocenters. The maximum absolute atomic E-state index is 13.8. The quantitative estimate of drug-likeness (QED) is 0.152. The van der Waals surface area contributed by atoms with Gasteiger partial charge in [-0.05, 0) is 84.1 Å². The number of hydrogen-bond acceptors (Lipinski definition) is 5. The molecule has 4 aromatic carbocycles. The second-order valence-corrected chi connectivity index (χ2v) is 13.3. The van der Waals surface area contributed by atoms with Crippen molar-refractivity contribution in [2.75, 3.05) is 17.9 Å². The van der Waals surface area contributed by atoms with Crippen LogP contribution in [0.5, 0.6) is 5.75 Å². The van der Waals surface area contributed by atoms with Crippen molar-refractivity contribution in [2.45, 2.75) is 44.2 Å². The van der Waals surface area contributed by atoms with Gasteiger partial charge in [0, 0.05) is 30.2 Å². The topological polar surface area (TPSA) is 105 Å². The van der Waals surface area contributed by atoms with E-state index in [1.807, 2.05) is 30.3 Å². The van der Waals surface area contributed by atoms with E-state index in [2.05, 4.69) is 23.9 Å². The van der Waals surface area contributed by atoms with Crippen LogP contribution in [-0.2, 0) is 32.6 Å². The summed E-state index contributed by atoms with van der Waals surface area (Å²) in [6.45, 7) is 4.38. The van der Waals surface area contributed by atoms with E-state index < -0.39 is 34.4 Å². The van der Waals surface area contributed by atoms with Gasteiger partial charge in [-0.15, -0.1) is 0 Å². The molecule has 0 fully saturated rings. The SMILES string of the molecule is CC(C)CCNC(=O)[C@@H](Cc1ccccc1)N(Cc1ccc(Cl)cc1)C(=O)COc1ccc(S(=O)(=O)Nc2ccc(F)cc2)cc1. The number of amides is 2. The Bertz CT molecular complexity index is 1690. The highest BCUT2D eigenvalue weighted by atomic mass is 35.5. The summed E-state index contributed by atoms with van der Waals surface area (Å²) >= 11 is 6.10. The molecular weight excluding hydrogens is 629 g/mol. The van der Waals surface area contributed by atoms with E-state index in [9.17, 15) is 22.4 Å². The van der Waals surface area contributed by atoms with Crippen molar-refractivity contribution >= 4 is 39.1 Å². The second-order valence-electron chi connectivity index (χ2n) is 11.2. The fourth-order valence-electron chi connectivity index (χ4n) is 4.62. The normalized spacial score (nSPS) is 11.9. The number of nitrogens with zero attached hydrogens (tertiary/aromatic N) is 1. The molecule has 0 saturated heterocycles. The van der Waals surface area contributed by atoms with Crippen molar-refractivity contribution in [3.8, 4) is 5.75 Å². The molecule has 2 N–H and O–H groups in total. The van der Waals surface area contributed by atoms with Crippen molar-refractivity contribution in [1.82, 2.24) is 10.2 Å². The third-order valence-electron chi connectivity index (χ3n) is 7.15. The van der Waals surface area contributed by atoms with E-state index >= 15 is 0 Å². The summed E-state index contributed by atoms with van der Waals surface area (Å²) in [5.74, 6) is -0.516. The van der Waals surface area contributed by atoms with Crippen LogP contribution in [0.4, 0.5) is 10.1 Å². The average Bonchev–Trinajstić information content (AvgIpc) is 3.04. The van der Waals surface area contributed by atoms with Crippen LogP contribution in [0.25, 0.3) is 0 Å². The lowest BCUT2D eigenvalue weighted by Gasteiger charge is -2.31. The Labute approximate surface area is 274 Å². The third kappa shape index (κ3) is 10.3. The number of rotatable bonds is 15. The van der Waals surface area contributed by atoms with Crippen LogP contribution >= 0.6 is 11.6 Å². The first kappa shape index (κ1) is 34.5. The molecule has 4 aromatic rings. The Hall–Kier alpha value is -4.41. The first-order valence-electron chi connectivity index (χ1n) is 14.9. The number of ether oxygens (including phenoxy) is 1. The molecule has 0 aliphatic rings. The molecule has 46 heavy (non-hydrogen) atoms. The first-order valence-corrected chi connectivity index (χ1v) is 16.7. The molecule has 8 nitrogen and oxygen atoms in total. The van der Waals surface area contributed by atoms with Gasteiger partial charge in [-0.25, -0.2) is 12.8 Å². The number of benzene rings is 4. The lowest BCUT2D eigenvalue weighted by Crippen LogP contribution is -2.52. The van der Waals surface area contributed by atoms with Gasteiger partial charge >= 0.3 is 0 Å². The summed E-state index contributed by atoms with van der Waals surface area (Å²) in [5, 5.41) is 3.55. The highest BCUT2D eigenvalue weighted by Crippen LogP contribution is 2.21. The molecule has 4 rings (SSSR count). The number of hydrogen-bond donors (Lipinski definition) is 2. The standard InChI is InChI=1S/C35H37ClFN3O5S/c1-25(2)20-21-38-35(42)33(22-26-6-4-3-5-7-26)40(23-27-8-10-28(36)11-9-27)34(41)24-45-31-16-18-32(19-17-31)46(43,44)39-30-14-12-29(37)13-15-30/h3-19,25,33,39H,20-24H2,1-2H3,(H,38,42)/t33-/m1/s1. The van der Waals surface area contributed by atoms with Crippen LogP contribution in [0, 0.1) is 11.7 Å². The zero-order valence-corrected chi connectivity index (χ0v) is 27.2. The van der Waals surface area contributed by atoms with E-state index in [0.717, 1.165) is 29.7 Å². The fraction of sp³-hybridized carbons (Fsp3) is 0.257. The Balaban J connectivity index is 1.52. The van der Waals surface area contributed by atoms with Gasteiger partial charge in [0.15, 0.2) is 6.61 Å². The zero-order chi connectivity index (χ0) is 33.1. The molecule has 0 spiro atoms. The van der Waals surface area contributed by atoms with Crippen molar-refractivity contribution < 1.29 is 27.1 Å². The first-order chi connectivity index (χ1) is 22.0. The fourth-order valence-corrected chi connectivity index (χ4v) is 5.80. The van der Waals surface area contributed by atoms with Crippen LogP contribution in [0.1, 0.15) is 31.4 Å². The summed E-state index contributed by atoms with van der Waals surface area (Å²) in [6, 6.07) is 26.2. The predicted molar refractivity (Wildman–Crippen MR) is 178 cm³/mol. The number of carbonyl (C=O) groups excluding carboxylic acids is 2. The highest BCUT2D eigenvalue weighted by molar-refractivity contribution is 7.92. The molecule has 0 aromatic heterocycles. The average molecular weight is 666 g/mol. The molecule has 242 valence electrons. The molecule has 0 aliphatic heterocycles. The Morgan fingerprint density at radius 3 is 2.15 bits per heavy atom. The predicted octanol–water partition coefficient (Wildman–Crippen LogP) is 6.46. The summed E-state index contributed by atoms with van der Waals surface area (Å²) in [5.41, 5.74) is 1.90. The molecule has 0 radical (unpaired) electrons. The minimum atomic E-state index is -3.95. The van der Waals surface area contributed by atoms with Gasteiger partial charge in [0.2, 0.25) is 5.91 Å². The minimum Gasteiger partial charge on any atom is -0.484 e. The van der Waals surface area contributed by atoms with Gasteiger partial charge in [0.05, 0.1) is 4.90 Å². The van der Waals surface area contributed by atoms with Gasteiger partial charge in [0.25, 0.3) is 15.9 Å². The number of carbonyl (C=O) groups is 2. The van der Waals surface area contributed by atoms with Crippen LogP contribution in [-0.4, -0.2) is 44.3 Å². The highest BCUT2D eigenvalue weighted by Gasteiger charge is 2.30. The van der Waals surface area contributed by atoms with Gasteiger partial charge in [0.1, 0.15) is 17.6 Å². The number of sulfonamides is 1. The number of anilines is 1. The maximum atomic E-state index is 13.8. The number of halogens is 2. The van der Waals surface area contributed by atoms with Crippen molar-refractivity contribution in [3.63, 3.8) is 0 Å². The van der Waals surface area contributed by atoms with E-state index in [0.29, 0.717) is 23.9 Å². The smallest absolute Gasteiger partial charge is 0.261 e. The molecule has 0 aliphatic carbocycles. The summed E-state index contributed by atoms with van der Waals surface area (Å²) in [4.78, 5) is 28.9. The Morgan fingerprint density at radius 1 is 0.870 bits per heavy atom. The van der Waals surface area contributed by atoms with Crippen molar-refractivity contribution in [1.29, 1.82) is 0 Å². The molecule has 11 heteroatoms. The van der Waals surface area contributed by atoms with Gasteiger partial charge in [-0.3, -0.25) is 14.3 Å². The van der Waals surface area contributed by atoms with E-state index in [-0.39, 0.29) is 28.8 Å². The largest absolute Gasteiger partial charge is 0.484 e. The maximum Gasteiger partial charge on any atom is 0.261 e. The van der Waals surface area contributed by atoms with Crippen molar-refractivity contribution in [2.24, 2.45) is 5.92 Å². The van der Waals surface area contributed by atoms with Gasteiger partial charge < -0.3 is 15.0 Å². The minimum absolute atomic E-state index is 0.0409. The summed E-state index contributed by atoms with van der Waals surface area (Å²) in [7, 11) is -3.95. The van der Waals surface area contributed by atoms with Gasteiger partial charge in [-0.2, -0.15) is 0 Å². The second kappa shape index (κ2) is 16.2.